The Hall–Kier alpha value is -4.06. The Labute approximate surface area is 223 Å². The molecule has 8 rings (SSSR count). The topological polar surface area (TPSA) is 96.3 Å². The third kappa shape index (κ3) is 4.14. The first-order valence-electron chi connectivity index (χ1n) is 13.5. The lowest BCUT2D eigenvalue weighted by molar-refractivity contribution is -0.0281. The number of benzene rings is 2. The maximum absolute atomic E-state index is 5.97. The summed E-state index contributed by atoms with van der Waals surface area (Å²) in [6.07, 6.45) is 11.0. The van der Waals surface area contributed by atoms with Crippen LogP contribution in [-0.4, -0.2) is 9.97 Å². The third-order valence-corrected chi connectivity index (χ3v) is 8.96. The highest BCUT2D eigenvalue weighted by Crippen LogP contribution is 2.66. The van der Waals surface area contributed by atoms with Crippen LogP contribution in [0.4, 0.5) is 11.4 Å². The van der Waals surface area contributed by atoms with Gasteiger partial charge < -0.3 is 20.9 Å². The van der Waals surface area contributed by atoms with E-state index in [-0.39, 0.29) is 10.8 Å². The van der Waals surface area contributed by atoms with Crippen molar-refractivity contribution in [3.05, 3.63) is 96.3 Å². The van der Waals surface area contributed by atoms with E-state index in [2.05, 4.69) is 58.5 Å². The van der Waals surface area contributed by atoms with Crippen molar-refractivity contribution in [1.82, 2.24) is 9.97 Å². The predicted octanol–water partition coefficient (Wildman–Crippen LogP) is 7.02. The number of pyridine rings is 2. The Morgan fingerprint density at radius 2 is 1.03 bits per heavy atom. The molecule has 0 aliphatic heterocycles. The summed E-state index contributed by atoms with van der Waals surface area (Å²) in [7, 11) is 0. The molecule has 0 unspecified atom stereocenters. The van der Waals surface area contributed by atoms with E-state index < -0.39 is 0 Å². The molecule has 2 aromatic carbocycles. The van der Waals surface area contributed by atoms with Crippen LogP contribution in [0.3, 0.4) is 0 Å². The van der Waals surface area contributed by atoms with Crippen molar-refractivity contribution in [3.63, 3.8) is 0 Å². The number of aromatic nitrogens is 2. The van der Waals surface area contributed by atoms with Crippen molar-refractivity contribution in [2.45, 2.75) is 49.4 Å². The number of ether oxygens (including phenoxy) is 2. The first-order valence-corrected chi connectivity index (χ1v) is 13.5. The fraction of sp³-hybridized carbons (Fsp3) is 0.312. The number of nitrogens with zero attached hydrogens (tertiary/aromatic N) is 2. The van der Waals surface area contributed by atoms with E-state index in [4.69, 9.17) is 20.9 Å². The molecule has 4 aliphatic carbocycles. The summed E-state index contributed by atoms with van der Waals surface area (Å²) in [6.45, 7) is 0. The molecule has 4 aromatic rings. The molecule has 192 valence electrons. The largest absolute Gasteiger partial charge is 0.439 e. The molecule has 6 nitrogen and oxygen atoms in total. The summed E-state index contributed by atoms with van der Waals surface area (Å²) in [5.41, 5.74) is 16.4. The Morgan fingerprint density at radius 1 is 0.605 bits per heavy atom. The van der Waals surface area contributed by atoms with Gasteiger partial charge in [-0.1, -0.05) is 24.3 Å². The lowest BCUT2D eigenvalue weighted by Gasteiger charge is -2.62. The number of hydrogen-bond acceptors (Lipinski definition) is 6. The van der Waals surface area contributed by atoms with Crippen molar-refractivity contribution < 1.29 is 9.47 Å². The number of nitrogens with two attached hydrogens (primary N) is 2. The molecule has 0 radical (unpaired) electrons. The third-order valence-electron chi connectivity index (χ3n) is 8.96. The molecule has 4 aliphatic rings. The van der Waals surface area contributed by atoms with Gasteiger partial charge >= 0.3 is 0 Å². The molecule has 0 spiro atoms. The van der Waals surface area contributed by atoms with Crippen LogP contribution in [-0.2, 0) is 10.8 Å². The van der Waals surface area contributed by atoms with Gasteiger partial charge in [-0.3, -0.25) is 0 Å². The Balaban J connectivity index is 1.13. The first-order chi connectivity index (χ1) is 18.5. The van der Waals surface area contributed by atoms with Crippen molar-refractivity contribution in [3.8, 4) is 23.3 Å². The van der Waals surface area contributed by atoms with Gasteiger partial charge in [0.25, 0.3) is 0 Å². The monoisotopic (exact) mass is 504 g/mol. The van der Waals surface area contributed by atoms with Gasteiger partial charge in [0, 0.05) is 35.9 Å². The maximum Gasteiger partial charge on any atom is 0.221 e. The standard InChI is InChI=1S/C32H32N4O2/c33-25-9-11-35-29(14-25)37-27-5-1-23(2-6-27)31-16-21-13-22(17-31)19-32(18-21,20-31)24-3-7-28(8-4-24)38-30-15-26(34)10-12-36-30/h1-12,14-15,21-22H,13,16-20H2,(H2,33,35)(H2,34,36). The number of hydrogen-bond donors (Lipinski definition) is 2. The molecular formula is C32H32N4O2. The minimum atomic E-state index is 0.221. The molecule has 6 heteroatoms. The van der Waals surface area contributed by atoms with E-state index in [1.165, 1.54) is 49.7 Å². The van der Waals surface area contributed by atoms with E-state index in [0.717, 1.165) is 23.3 Å². The molecule has 4 N–H and O–H groups in total. The van der Waals surface area contributed by atoms with Gasteiger partial charge in [-0.2, -0.15) is 0 Å². The van der Waals surface area contributed by atoms with E-state index in [1.807, 2.05) is 0 Å². The second-order valence-corrected chi connectivity index (χ2v) is 11.6. The first kappa shape index (κ1) is 23.1. The molecule has 0 saturated heterocycles. The van der Waals surface area contributed by atoms with Crippen LogP contribution < -0.4 is 20.9 Å². The SMILES string of the molecule is Nc1ccnc(Oc2ccc(C34CC5CC(C3)CC(c3ccc(Oc6cc(N)ccn6)cc3)(C5)C4)cc2)c1. The van der Waals surface area contributed by atoms with Gasteiger partial charge in [-0.05, 0) is 109 Å². The van der Waals surface area contributed by atoms with Gasteiger partial charge in [0.1, 0.15) is 11.5 Å². The van der Waals surface area contributed by atoms with Crippen LogP contribution in [0, 0.1) is 11.8 Å². The van der Waals surface area contributed by atoms with Crippen LogP contribution in [0.5, 0.6) is 23.3 Å². The summed E-state index contributed by atoms with van der Waals surface area (Å²) in [5, 5.41) is 0. The van der Waals surface area contributed by atoms with E-state index >= 15 is 0 Å². The zero-order chi connectivity index (χ0) is 25.7. The highest BCUT2D eigenvalue weighted by atomic mass is 16.5. The second-order valence-electron chi connectivity index (χ2n) is 11.6. The zero-order valence-corrected chi connectivity index (χ0v) is 21.3. The zero-order valence-electron chi connectivity index (χ0n) is 21.3. The van der Waals surface area contributed by atoms with Gasteiger partial charge in [0.2, 0.25) is 11.8 Å². The lowest BCUT2D eigenvalue weighted by atomic mass is 9.42. The van der Waals surface area contributed by atoms with Gasteiger partial charge in [0.15, 0.2) is 0 Å². The molecule has 2 aromatic heterocycles. The second kappa shape index (κ2) is 8.76. The minimum Gasteiger partial charge on any atom is -0.439 e. The summed E-state index contributed by atoms with van der Waals surface area (Å²) < 4.78 is 11.9. The van der Waals surface area contributed by atoms with Crippen LogP contribution >= 0.6 is 0 Å². The number of anilines is 2. The van der Waals surface area contributed by atoms with Gasteiger partial charge in [-0.25, -0.2) is 9.97 Å². The maximum atomic E-state index is 5.97. The fourth-order valence-corrected chi connectivity index (χ4v) is 7.89. The van der Waals surface area contributed by atoms with E-state index in [9.17, 15) is 0 Å². The van der Waals surface area contributed by atoms with Crippen LogP contribution in [0.25, 0.3) is 0 Å². The molecule has 2 heterocycles. The normalized spacial score (nSPS) is 27.3. The van der Waals surface area contributed by atoms with Crippen LogP contribution in [0.2, 0.25) is 0 Å². The number of rotatable bonds is 6. The van der Waals surface area contributed by atoms with Crippen LogP contribution in [0.15, 0.2) is 85.2 Å². The molecule has 0 atom stereocenters. The fourth-order valence-electron chi connectivity index (χ4n) is 7.89. The van der Waals surface area contributed by atoms with Crippen LogP contribution in [0.1, 0.15) is 49.7 Å². The van der Waals surface area contributed by atoms with Gasteiger partial charge in [-0.15, -0.1) is 0 Å². The van der Waals surface area contributed by atoms with Gasteiger partial charge in [0.05, 0.1) is 0 Å². The molecule has 0 amide bonds. The van der Waals surface area contributed by atoms with E-state index in [1.54, 1.807) is 36.7 Å². The predicted molar refractivity (Wildman–Crippen MR) is 148 cm³/mol. The molecule has 4 fully saturated rings. The van der Waals surface area contributed by atoms with Crippen molar-refractivity contribution in [1.29, 1.82) is 0 Å². The average molecular weight is 505 g/mol. The summed E-state index contributed by atoms with van der Waals surface area (Å²) in [4.78, 5) is 8.54. The highest BCUT2D eigenvalue weighted by Gasteiger charge is 2.58. The summed E-state index contributed by atoms with van der Waals surface area (Å²) in [6, 6.07) is 24.5. The summed E-state index contributed by atoms with van der Waals surface area (Å²) >= 11 is 0. The highest BCUT2D eigenvalue weighted by molar-refractivity contribution is 5.44. The molecule has 4 bridgehead atoms. The lowest BCUT2D eigenvalue weighted by Crippen LogP contribution is -2.55. The molecule has 38 heavy (non-hydrogen) atoms. The summed E-state index contributed by atoms with van der Waals surface area (Å²) in [5.74, 6) is 4.16. The Morgan fingerprint density at radius 3 is 1.42 bits per heavy atom. The quantitative estimate of drug-likeness (QED) is 0.293. The molecule has 4 saturated carbocycles. The smallest absolute Gasteiger partial charge is 0.221 e. The molecular weight excluding hydrogens is 472 g/mol. The number of nitrogen functional groups attached to an aromatic ring is 2. The van der Waals surface area contributed by atoms with Crippen molar-refractivity contribution >= 4 is 11.4 Å². The average Bonchev–Trinajstić information content (AvgIpc) is 2.89. The van der Waals surface area contributed by atoms with Crippen molar-refractivity contribution in [2.24, 2.45) is 11.8 Å². The minimum absolute atomic E-state index is 0.221. The Kier molecular flexibility index (Phi) is 5.32. The van der Waals surface area contributed by atoms with E-state index in [0.29, 0.717) is 23.1 Å². The Bertz CT molecular complexity index is 1340. The van der Waals surface area contributed by atoms with Crippen molar-refractivity contribution in [2.75, 3.05) is 11.5 Å².